The summed E-state index contributed by atoms with van der Waals surface area (Å²) in [6, 6.07) is 2.33. The monoisotopic (exact) mass is 299 g/mol. The number of allylic oxidation sites excluding steroid dienone is 1. The van der Waals surface area contributed by atoms with Gasteiger partial charge in [0.1, 0.15) is 0 Å². The number of thiophene rings is 1. The van der Waals surface area contributed by atoms with Crippen molar-refractivity contribution in [3.8, 4) is 0 Å². The lowest BCUT2D eigenvalue weighted by Gasteiger charge is -2.13. The Hall–Kier alpha value is -0.120. The molecule has 16 heavy (non-hydrogen) atoms. The van der Waals surface area contributed by atoms with Gasteiger partial charge < -0.3 is 5.73 Å². The van der Waals surface area contributed by atoms with Gasteiger partial charge in [-0.25, -0.2) is 0 Å². The number of halogens is 1. The summed E-state index contributed by atoms with van der Waals surface area (Å²) in [5.41, 5.74) is 9.08. The van der Waals surface area contributed by atoms with Crippen molar-refractivity contribution in [3.05, 3.63) is 31.9 Å². The summed E-state index contributed by atoms with van der Waals surface area (Å²) in [6.45, 7) is 2.12. The molecule has 1 aromatic rings. The summed E-state index contributed by atoms with van der Waals surface area (Å²) in [5, 5.41) is 0. The highest BCUT2D eigenvalue weighted by molar-refractivity contribution is 9.11. The van der Waals surface area contributed by atoms with Gasteiger partial charge in [-0.3, -0.25) is 0 Å². The van der Waals surface area contributed by atoms with E-state index in [1.807, 2.05) is 0 Å². The molecule has 0 bridgehead atoms. The third-order valence-corrected chi connectivity index (χ3v) is 5.38. The van der Waals surface area contributed by atoms with Crippen LogP contribution in [-0.2, 0) is 0 Å². The summed E-state index contributed by atoms with van der Waals surface area (Å²) in [7, 11) is 0. The molecule has 88 valence electrons. The SMILES string of the molecule is Cc1cc(C(N)C2=CCCCCC2)sc1Br. The van der Waals surface area contributed by atoms with E-state index in [0.29, 0.717) is 0 Å². The van der Waals surface area contributed by atoms with Crippen molar-refractivity contribution in [2.24, 2.45) is 5.73 Å². The molecule has 1 unspecified atom stereocenters. The first-order chi connectivity index (χ1) is 7.68. The lowest BCUT2D eigenvalue weighted by atomic mass is 10.0. The fraction of sp³-hybridized carbons (Fsp3) is 0.538. The zero-order valence-electron chi connectivity index (χ0n) is 9.63. The first-order valence-corrected chi connectivity index (χ1v) is 7.50. The third-order valence-electron chi connectivity index (χ3n) is 3.16. The van der Waals surface area contributed by atoms with Crippen LogP contribution in [0.4, 0.5) is 0 Å². The molecule has 0 aliphatic heterocycles. The van der Waals surface area contributed by atoms with Crippen LogP contribution in [0.2, 0.25) is 0 Å². The molecule has 1 atom stereocenters. The van der Waals surface area contributed by atoms with E-state index < -0.39 is 0 Å². The fourth-order valence-corrected chi connectivity index (χ4v) is 3.76. The van der Waals surface area contributed by atoms with Crippen molar-refractivity contribution < 1.29 is 0 Å². The molecule has 2 rings (SSSR count). The Morgan fingerprint density at radius 3 is 2.88 bits per heavy atom. The first kappa shape index (κ1) is 12.3. The Morgan fingerprint density at radius 2 is 2.19 bits per heavy atom. The quantitative estimate of drug-likeness (QED) is 0.786. The molecule has 1 aliphatic rings. The zero-order valence-corrected chi connectivity index (χ0v) is 12.0. The first-order valence-electron chi connectivity index (χ1n) is 5.89. The van der Waals surface area contributed by atoms with Crippen LogP contribution in [0, 0.1) is 6.92 Å². The molecule has 0 amide bonds. The molecule has 0 aromatic carbocycles. The van der Waals surface area contributed by atoms with E-state index in [4.69, 9.17) is 5.73 Å². The van der Waals surface area contributed by atoms with Crippen molar-refractivity contribution in [3.63, 3.8) is 0 Å². The van der Waals surface area contributed by atoms with Gasteiger partial charge in [0.15, 0.2) is 0 Å². The highest BCUT2D eigenvalue weighted by Gasteiger charge is 2.16. The van der Waals surface area contributed by atoms with E-state index in [0.717, 1.165) is 0 Å². The van der Waals surface area contributed by atoms with Gasteiger partial charge in [0.05, 0.1) is 9.83 Å². The molecule has 1 nitrogen and oxygen atoms in total. The van der Waals surface area contributed by atoms with Crippen LogP contribution < -0.4 is 5.73 Å². The largest absolute Gasteiger partial charge is 0.320 e. The molecule has 1 aliphatic carbocycles. The molecule has 0 saturated carbocycles. The second-order valence-electron chi connectivity index (χ2n) is 4.46. The number of rotatable bonds is 2. The van der Waals surface area contributed by atoms with Crippen molar-refractivity contribution in [1.29, 1.82) is 0 Å². The smallest absolute Gasteiger partial charge is 0.0731 e. The lowest BCUT2D eigenvalue weighted by molar-refractivity contribution is 0.690. The van der Waals surface area contributed by atoms with Gasteiger partial charge in [0.25, 0.3) is 0 Å². The highest BCUT2D eigenvalue weighted by atomic mass is 79.9. The Kier molecular flexibility index (Phi) is 4.22. The van der Waals surface area contributed by atoms with Gasteiger partial charge in [-0.1, -0.05) is 18.1 Å². The Labute approximate surface area is 110 Å². The fourth-order valence-electron chi connectivity index (χ4n) is 2.14. The number of nitrogens with two attached hydrogens (primary N) is 1. The average Bonchev–Trinajstić information content (AvgIpc) is 2.51. The van der Waals surface area contributed by atoms with Crippen molar-refractivity contribution in [2.75, 3.05) is 0 Å². The third kappa shape index (κ3) is 2.76. The Balaban J connectivity index is 2.17. The van der Waals surface area contributed by atoms with Crippen molar-refractivity contribution in [2.45, 2.75) is 45.1 Å². The van der Waals surface area contributed by atoms with E-state index in [9.17, 15) is 0 Å². The summed E-state index contributed by atoms with van der Waals surface area (Å²) in [6.07, 6.45) is 8.71. The van der Waals surface area contributed by atoms with E-state index in [2.05, 4.69) is 35.0 Å². The predicted molar refractivity (Wildman–Crippen MR) is 74.9 cm³/mol. The van der Waals surface area contributed by atoms with Gasteiger partial charge >= 0.3 is 0 Å². The average molecular weight is 300 g/mol. The van der Waals surface area contributed by atoms with Gasteiger partial charge in [-0.05, 0) is 60.2 Å². The van der Waals surface area contributed by atoms with Crippen LogP contribution in [0.15, 0.2) is 21.5 Å². The number of hydrogen-bond acceptors (Lipinski definition) is 2. The summed E-state index contributed by atoms with van der Waals surface area (Å²) in [5.74, 6) is 0. The molecule has 0 fully saturated rings. The second kappa shape index (κ2) is 5.48. The van der Waals surface area contributed by atoms with Gasteiger partial charge in [-0.2, -0.15) is 0 Å². The maximum absolute atomic E-state index is 6.34. The van der Waals surface area contributed by atoms with E-state index in [-0.39, 0.29) is 6.04 Å². The maximum Gasteiger partial charge on any atom is 0.0731 e. The normalized spacial score (nSPS) is 19.1. The second-order valence-corrected chi connectivity index (χ2v) is 6.86. The van der Waals surface area contributed by atoms with Crippen LogP contribution in [-0.4, -0.2) is 0 Å². The molecule has 0 radical (unpaired) electrons. The van der Waals surface area contributed by atoms with Crippen molar-refractivity contribution in [1.82, 2.24) is 0 Å². The van der Waals surface area contributed by atoms with Crippen LogP contribution in [0.1, 0.15) is 48.6 Å². The minimum Gasteiger partial charge on any atom is -0.320 e. The molecule has 0 saturated heterocycles. The van der Waals surface area contributed by atoms with Gasteiger partial charge in [0, 0.05) is 4.88 Å². The standard InChI is InChI=1S/C13H18BrNS/c1-9-8-11(16-13(9)14)12(15)10-6-4-2-3-5-7-10/h6,8,12H,2-5,7,15H2,1H3. The van der Waals surface area contributed by atoms with E-state index in [1.165, 1.54) is 51.9 Å². The number of hydrogen-bond donors (Lipinski definition) is 1. The van der Waals surface area contributed by atoms with Crippen LogP contribution in [0.3, 0.4) is 0 Å². The van der Waals surface area contributed by atoms with Crippen LogP contribution in [0.5, 0.6) is 0 Å². The molecule has 1 heterocycles. The molecular weight excluding hydrogens is 282 g/mol. The van der Waals surface area contributed by atoms with E-state index >= 15 is 0 Å². The summed E-state index contributed by atoms with van der Waals surface area (Å²) < 4.78 is 1.21. The Bertz CT molecular complexity index is 375. The van der Waals surface area contributed by atoms with Crippen molar-refractivity contribution >= 4 is 27.3 Å². The molecule has 0 spiro atoms. The molecular formula is C13H18BrNS. The van der Waals surface area contributed by atoms with Gasteiger partial charge in [0.2, 0.25) is 0 Å². The maximum atomic E-state index is 6.34. The van der Waals surface area contributed by atoms with E-state index in [1.54, 1.807) is 11.3 Å². The highest BCUT2D eigenvalue weighted by Crippen LogP contribution is 2.35. The molecule has 1 aromatic heterocycles. The van der Waals surface area contributed by atoms with Crippen LogP contribution in [0.25, 0.3) is 0 Å². The van der Waals surface area contributed by atoms with Crippen LogP contribution >= 0.6 is 27.3 Å². The lowest BCUT2D eigenvalue weighted by Crippen LogP contribution is -2.11. The Morgan fingerprint density at radius 1 is 1.38 bits per heavy atom. The topological polar surface area (TPSA) is 26.0 Å². The van der Waals surface area contributed by atoms with Gasteiger partial charge in [-0.15, -0.1) is 11.3 Å². The summed E-state index contributed by atoms with van der Waals surface area (Å²) >= 11 is 5.34. The minimum absolute atomic E-state index is 0.119. The minimum atomic E-state index is 0.119. The number of aryl methyl sites for hydroxylation is 1. The zero-order chi connectivity index (χ0) is 11.5. The predicted octanol–water partition coefficient (Wildman–Crippen LogP) is 4.71. The molecule has 3 heteroatoms. The summed E-state index contributed by atoms with van der Waals surface area (Å²) in [4.78, 5) is 1.29. The molecule has 2 N–H and O–H groups in total.